The highest BCUT2D eigenvalue weighted by Crippen LogP contribution is 2.37. The number of rotatable bonds is 11. The van der Waals surface area contributed by atoms with Gasteiger partial charge in [0.15, 0.2) is 11.6 Å². The summed E-state index contributed by atoms with van der Waals surface area (Å²) in [5.41, 5.74) is 7.91. The number of fused-ring (bicyclic) bond motifs is 2. The Morgan fingerprint density at radius 3 is 1.73 bits per heavy atom. The fourth-order valence-electron chi connectivity index (χ4n) is 8.79. The van der Waals surface area contributed by atoms with Crippen molar-refractivity contribution in [1.82, 2.24) is 39.5 Å². The molecule has 408 valence electrons. The summed E-state index contributed by atoms with van der Waals surface area (Å²) in [5, 5.41) is 28.9. The van der Waals surface area contributed by atoms with Crippen molar-refractivity contribution in [2.45, 2.75) is 72.0 Å². The third-order valence-electron chi connectivity index (χ3n) is 13.7. The molecule has 0 spiro atoms. The predicted octanol–water partition coefficient (Wildman–Crippen LogP) is 12.6. The van der Waals surface area contributed by atoms with Gasteiger partial charge < -0.3 is 23.7 Å². The zero-order valence-corrected chi connectivity index (χ0v) is 47.2. The molecule has 7 heterocycles. The Bertz CT molecular complexity index is 3900. The summed E-state index contributed by atoms with van der Waals surface area (Å²) in [6, 6.07) is 48.5. The predicted molar refractivity (Wildman–Crippen MR) is 308 cm³/mol. The molecule has 15 nitrogen and oxygen atoms in total. The van der Waals surface area contributed by atoms with Gasteiger partial charge in [-0.25, -0.2) is 29.3 Å². The van der Waals surface area contributed by atoms with E-state index in [1.165, 1.54) is 16.8 Å². The number of hydrogen-bond acceptors (Lipinski definition) is 13. The lowest BCUT2D eigenvalue weighted by atomic mass is 9.79. The van der Waals surface area contributed by atoms with Gasteiger partial charge in [-0.3, -0.25) is 0 Å². The number of benzene rings is 4. The molecule has 6 aromatic heterocycles. The standard InChI is InChI=1S/C22H20BrN3O2.C20H12F3N5.C19H22BN3O2/c1-27-20-7-3-16(4-8-20)14-26(15-17-5-9-21(28-2)10-6-17)19-11-18(13-24)25-22(23)12-19;1-12-7-15(10-24)26-16(8-12)13-5-6-14-11-25-28(17(14)9-13)19-4-2-3-18(27-19)20(21,22)23;1-13-7-6-8-17(22-13)23-16-11-15(10-9-14(16)12-21-23)20-24-18(2,3)19(4,5)25-20/h3-12H,14-15H2,1-2H3;2-9,11H,1H3;6-12H,1-5H3. The number of nitriles is 2. The normalized spacial score (nSPS) is 13.3. The van der Waals surface area contributed by atoms with Crippen LogP contribution in [0.15, 0.2) is 163 Å². The Morgan fingerprint density at radius 2 is 1.17 bits per heavy atom. The van der Waals surface area contributed by atoms with E-state index >= 15 is 0 Å². The van der Waals surface area contributed by atoms with Crippen LogP contribution in [-0.4, -0.2) is 72.0 Å². The van der Waals surface area contributed by atoms with Gasteiger partial charge in [0.2, 0.25) is 0 Å². The van der Waals surface area contributed by atoms with E-state index in [4.69, 9.17) is 24.0 Å². The van der Waals surface area contributed by atoms with Gasteiger partial charge in [-0.2, -0.15) is 33.9 Å². The van der Waals surface area contributed by atoms with E-state index in [0.717, 1.165) is 78.8 Å². The van der Waals surface area contributed by atoms with Crippen LogP contribution in [0.25, 0.3) is 44.7 Å². The molecule has 0 saturated carbocycles. The molecule has 0 N–H and O–H groups in total. The molecule has 20 heteroatoms. The monoisotopic (exact) mass is 1150 g/mol. The van der Waals surface area contributed by atoms with Crippen molar-refractivity contribution < 1.29 is 32.0 Å². The van der Waals surface area contributed by atoms with Crippen LogP contribution in [0.4, 0.5) is 18.9 Å². The molecule has 1 aliphatic rings. The maximum atomic E-state index is 13.0. The Kier molecular flexibility index (Phi) is 16.7. The van der Waals surface area contributed by atoms with Gasteiger partial charge in [0.1, 0.15) is 45.3 Å². The topological polar surface area (TPSA) is 175 Å². The molecule has 0 aliphatic carbocycles. The first-order valence-corrected chi connectivity index (χ1v) is 26.3. The van der Waals surface area contributed by atoms with Gasteiger partial charge in [-0.15, -0.1) is 0 Å². The fraction of sp³-hybridized carbons (Fsp3) is 0.213. The zero-order valence-electron chi connectivity index (χ0n) is 45.6. The van der Waals surface area contributed by atoms with E-state index < -0.39 is 11.9 Å². The van der Waals surface area contributed by atoms with Gasteiger partial charge in [0.05, 0.1) is 54.5 Å². The van der Waals surface area contributed by atoms with Gasteiger partial charge >= 0.3 is 13.3 Å². The molecule has 1 fully saturated rings. The maximum Gasteiger partial charge on any atom is 0.494 e. The summed E-state index contributed by atoms with van der Waals surface area (Å²) in [5.74, 6) is 2.52. The Morgan fingerprint density at radius 1 is 0.630 bits per heavy atom. The lowest BCUT2D eigenvalue weighted by molar-refractivity contribution is -0.141. The minimum atomic E-state index is -4.54. The van der Waals surface area contributed by atoms with E-state index in [0.29, 0.717) is 40.3 Å². The molecule has 0 amide bonds. The molecule has 10 aromatic rings. The van der Waals surface area contributed by atoms with Crippen molar-refractivity contribution in [2.75, 3.05) is 19.1 Å². The molecule has 0 radical (unpaired) electrons. The molecular weight excluding hydrogens is 1100 g/mol. The SMILES string of the molecule is COc1ccc(CN(Cc2ccc(OC)cc2)c2cc(Br)nc(C#N)c2)cc1.Cc1cc(C#N)nc(-c2ccc3cnn(-c4cccc(C(F)(F)F)n4)c3c2)c1.Cc1cccc(-n2ncc3ccc(B4OC(C)(C)C(C)(C)O4)cc32)n1. The van der Waals surface area contributed by atoms with E-state index in [1.54, 1.807) is 44.7 Å². The van der Waals surface area contributed by atoms with Crippen molar-refractivity contribution in [3.63, 3.8) is 0 Å². The summed E-state index contributed by atoms with van der Waals surface area (Å²) in [6.07, 6.45) is -1.12. The van der Waals surface area contributed by atoms with Gasteiger partial charge in [-0.1, -0.05) is 60.7 Å². The average molecular weight is 1150 g/mol. The second-order valence-corrected chi connectivity index (χ2v) is 20.8. The second kappa shape index (κ2) is 23.8. The minimum absolute atomic E-state index is 0.0666. The van der Waals surface area contributed by atoms with Gasteiger partial charge in [0.25, 0.3) is 0 Å². The van der Waals surface area contributed by atoms with Crippen LogP contribution in [0.3, 0.4) is 0 Å². The van der Waals surface area contributed by atoms with E-state index in [1.807, 2.05) is 122 Å². The van der Waals surface area contributed by atoms with Crippen molar-refractivity contribution in [1.29, 1.82) is 10.5 Å². The summed E-state index contributed by atoms with van der Waals surface area (Å²) in [6.45, 7) is 13.4. The van der Waals surface area contributed by atoms with E-state index in [2.05, 4.69) is 96.9 Å². The van der Waals surface area contributed by atoms with Gasteiger partial charge in [0, 0.05) is 40.8 Å². The van der Waals surface area contributed by atoms with Crippen molar-refractivity contribution in [3.8, 4) is 46.5 Å². The van der Waals surface area contributed by atoms with Crippen LogP contribution in [0, 0.1) is 36.5 Å². The van der Waals surface area contributed by atoms with Crippen LogP contribution in [-0.2, 0) is 28.6 Å². The van der Waals surface area contributed by atoms with Crippen molar-refractivity contribution in [3.05, 3.63) is 202 Å². The van der Waals surface area contributed by atoms with E-state index in [9.17, 15) is 18.4 Å². The average Bonchev–Trinajstić information content (AvgIpc) is 4.33. The molecular formula is C61H54BBrF3N11O4. The number of aromatic nitrogens is 8. The number of anilines is 1. The van der Waals surface area contributed by atoms with Crippen molar-refractivity contribution in [2.24, 2.45) is 0 Å². The number of alkyl halides is 3. The second-order valence-electron chi connectivity index (χ2n) is 20.0. The molecule has 1 aliphatic heterocycles. The molecule has 4 aromatic carbocycles. The van der Waals surface area contributed by atoms with Crippen LogP contribution < -0.4 is 19.8 Å². The Labute approximate surface area is 475 Å². The minimum Gasteiger partial charge on any atom is -0.497 e. The molecule has 0 unspecified atom stereocenters. The number of halogens is 4. The number of hydrogen-bond donors (Lipinski definition) is 0. The van der Waals surface area contributed by atoms with E-state index in [-0.39, 0.29) is 24.1 Å². The summed E-state index contributed by atoms with van der Waals surface area (Å²) in [4.78, 5) is 19.0. The largest absolute Gasteiger partial charge is 0.497 e. The first-order chi connectivity index (χ1) is 38.7. The summed E-state index contributed by atoms with van der Waals surface area (Å²) in [7, 11) is 2.93. The highest BCUT2D eigenvalue weighted by molar-refractivity contribution is 9.10. The van der Waals surface area contributed by atoms with Crippen LogP contribution >= 0.6 is 15.9 Å². The Balaban J connectivity index is 0.000000147. The quantitative estimate of drug-likeness (QED) is 0.0884. The highest BCUT2D eigenvalue weighted by Gasteiger charge is 2.51. The number of ether oxygens (including phenoxy) is 2. The molecule has 1 saturated heterocycles. The third-order valence-corrected chi connectivity index (χ3v) is 14.1. The summed E-state index contributed by atoms with van der Waals surface area (Å²) >= 11 is 3.41. The number of aryl methyl sites for hydroxylation is 2. The van der Waals surface area contributed by atoms with Crippen LogP contribution in [0.1, 0.15) is 67.2 Å². The molecule has 81 heavy (non-hydrogen) atoms. The number of methoxy groups -OCH3 is 2. The lowest BCUT2D eigenvalue weighted by Crippen LogP contribution is -2.41. The first-order valence-electron chi connectivity index (χ1n) is 25.5. The smallest absolute Gasteiger partial charge is 0.494 e. The van der Waals surface area contributed by atoms with Gasteiger partial charge in [-0.05, 0) is 165 Å². The fourth-order valence-corrected chi connectivity index (χ4v) is 9.21. The Hall–Kier alpha value is -8.95. The highest BCUT2D eigenvalue weighted by atomic mass is 79.9. The first kappa shape index (κ1) is 56.8. The molecule has 0 bridgehead atoms. The van der Waals surface area contributed by atoms with Crippen molar-refractivity contribution >= 4 is 56.0 Å². The lowest BCUT2D eigenvalue weighted by Gasteiger charge is -2.32. The molecule has 11 rings (SSSR count). The number of pyridine rings is 4. The summed E-state index contributed by atoms with van der Waals surface area (Å²) < 4.78 is 65.7. The maximum absolute atomic E-state index is 13.0. The van der Waals surface area contributed by atoms with Crippen LogP contribution in [0.5, 0.6) is 11.5 Å². The number of nitrogens with zero attached hydrogens (tertiary/aromatic N) is 11. The third kappa shape index (κ3) is 13.2. The zero-order chi connectivity index (χ0) is 57.6. The van der Waals surface area contributed by atoms with Crippen LogP contribution in [0.2, 0.25) is 0 Å². The molecule has 0 atom stereocenters.